The highest BCUT2D eigenvalue weighted by molar-refractivity contribution is 6.35. The number of nitrogens with one attached hydrogen (secondary N) is 1. The molecule has 174 valence electrons. The lowest BCUT2D eigenvalue weighted by molar-refractivity contribution is 0.145. The Kier molecular flexibility index (Phi) is 7.17. The number of hydrogen-bond acceptors (Lipinski definition) is 8. The number of nitrogens with two attached hydrogens (primary N) is 1. The van der Waals surface area contributed by atoms with Crippen LogP contribution in [0.2, 0.25) is 10.0 Å². The van der Waals surface area contributed by atoms with Crippen molar-refractivity contribution in [3.05, 3.63) is 75.2 Å². The maximum absolute atomic E-state index is 9.74. The summed E-state index contributed by atoms with van der Waals surface area (Å²) in [6.07, 6.45) is 5.48. The summed E-state index contributed by atoms with van der Waals surface area (Å²) in [6, 6.07) is 8.82. The predicted molar refractivity (Wildman–Crippen MR) is 132 cm³/mol. The van der Waals surface area contributed by atoms with Gasteiger partial charge in [0.15, 0.2) is 0 Å². The van der Waals surface area contributed by atoms with Crippen LogP contribution in [0.15, 0.2) is 42.9 Å². The van der Waals surface area contributed by atoms with Crippen molar-refractivity contribution in [3.8, 4) is 11.8 Å². The number of aliphatic hydroxyl groups is 1. The molecule has 2 aromatic heterocycles. The van der Waals surface area contributed by atoms with Crippen molar-refractivity contribution in [2.45, 2.75) is 25.6 Å². The normalized spacial score (nSPS) is 14.0. The second-order valence-corrected chi connectivity index (χ2v) is 8.73. The van der Waals surface area contributed by atoms with Gasteiger partial charge in [-0.1, -0.05) is 23.2 Å². The Morgan fingerprint density at radius 3 is 2.59 bits per heavy atom. The molecule has 1 saturated heterocycles. The van der Waals surface area contributed by atoms with Crippen LogP contribution in [0.4, 0.5) is 11.5 Å². The maximum atomic E-state index is 9.74. The molecule has 0 bridgehead atoms. The zero-order chi connectivity index (χ0) is 24.2. The molecule has 0 atom stereocenters. The molecule has 0 aliphatic carbocycles. The van der Waals surface area contributed by atoms with Crippen molar-refractivity contribution < 1.29 is 9.84 Å². The van der Waals surface area contributed by atoms with Gasteiger partial charge in [-0.15, -0.1) is 0 Å². The summed E-state index contributed by atoms with van der Waals surface area (Å²) >= 11 is 12.3. The number of benzene rings is 1. The third-order valence-electron chi connectivity index (χ3n) is 5.67. The number of hydrogen-bond donors (Lipinski definition) is 3. The Hall–Kier alpha value is -3.38. The van der Waals surface area contributed by atoms with Crippen molar-refractivity contribution in [1.29, 1.82) is 10.7 Å². The van der Waals surface area contributed by atoms with Crippen molar-refractivity contribution in [3.63, 3.8) is 0 Å². The number of nitrogen functional groups attached to an aromatic ring is 1. The second-order valence-electron chi connectivity index (χ2n) is 7.92. The van der Waals surface area contributed by atoms with E-state index < -0.39 is 0 Å². The van der Waals surface area contributed by atoms with E-state index in [4.69, 9.17) is 39.1 Å². The Morgan fingerprint density at radius 1 is 1.21 bits per heavy atom. The first-order chi connectivity index (χ1) is 16.4. The fraction of sp³-hybridized carbons (Fsp3) is 0.250. The van der Waals surface area contributed by atoms with Crippen LogP contribution in [0.25, 0.3) is 0 Å². The molecule has 0 saturated carbocycles. The third-order valence-corrected chi connectivity index (χ3v) is 6.32. The summed E-state index contributed by atoms with van der Waals surface area (Å²) in [7, 11) is 0. The van der Waals surface area contributed by atoms with E-state index in [1.165, 1.54) is 12.4 Å². The first-order valence-electron chi connectivity index (χ1n) is 10.6. The largest absolute Gasteiger partial charge is 0.489 e. The van der Waals surface area contributed by atoms with E-state index >= 15 is 0 Å². The molecular weight excluding hydrogens is 475 g/mol. The molecule has 8 nitrogen and oxygen atoms in total. The van der Waals surface area contributed by atoms with Crippen LogP contribution in [-0.2, 0) is 6.61 Å². The minimum Gasteiger partial charge on any atom is -0.489 e. The number of nitrogens with zero attached hydrogens (tertiary/aromatic N) is 4. The van der Waals surface area contributed by atoms with Gasteiger partial charge in [-0.2, -0.15) is 5.26 Å². The van der Waals surface area contributed by atoms with Crippen molar-refractivity contribution in [2.75, 3.05) is 23.7 Å². The third kappa shape index (κ3) is 5.07. The van der Waals surface area contributed by atoms with Gasteiger partial charge in [0, 0.05) is 54.1 Å². The van der Waals surface area contributed by atoms with Gasteiger partial charge in [-0.25, -0.2) is 4.98 Å². The van der Waals surface area contributed by atoms with Gasteiger partial charge in [0.1, 0.15) is 24.2 Å². The minimum absolute atomic E-state index is 0.118. The van der Waals surface area contributed by atoms with Crippen LogP contribution in [0.1, 0.15) is 35.1 Å². The fourth-order valence-corrected chi connectivity index (χ4v) is 4.21. The molecule has 4 N–H and O–H groups in total. The molecule has 4 rings (SSSR count). The average Bonchev–Trinajstić information content (AvgIpc) is 2.84. The predicted octanol–water partition coefficient (Wildman–Crippen LogP) is 4.19. The minimum atomic E-state index is -0.322. The number of anilines is 2. The lowest BCUT2D eigenvalue weighted by Crippen LogP contribution is -2.36. The van der Waals surface area contributed by atoms with E-state index in [1.54, 1.807) is 30.5 Å². The number of aliphatic hydroxyl groups excluding tert-OH is 1. The quantitative estimate of drug-likeness (QED) is 0.344. The Bertz CT molecular complexity index is 1250. The van der Waals surface area contributed by atoms with Crippen LogP contribution in [-0.4, -0.2) is 40.0 Å². The Labute approximate surface area is 207 Å². The summed E-state index contributed by atoms with van der Waals surface area (Å²) < 4.78 is 5.84. The van der Waals surface area contributed by atoms with E-state index in [0.29, 0.717) is 75.5 Å². The van der Waals surface area contributed by atoms with Crippen molar-refractivity contribution in [2.24, 2.45) is 0 Å². The number of nitriles is 1. The van der Waals surface area contributed by atoms with Gasteiger partial charge < -0.3 is 20.5 Å². The summed E-state index contributed by atoms with van der Waals surface area (Å²) in [6.45, 7) is 1.37. The molecule has 0 radical (unpaired) electrons. The monoisotopic (exact) mass is 496 g/mol. The van der Waals surface area contributed by atoms with Gasteiger partial charge in [0.25, 0.3) is 0 Å². The first kappa shape index (κ1) is 23.8. The number of halogens is 2. The van der Waals surface area contributed by atoms with Gasteiger partial charge in [-0.3, -0.25) is 10.4 Å². The lowest BCUT2D eigenvalue weighted by Gasteiger charge is -2.31. The summed E-state index contributed by atoms with van der Waals surface area (Å²) in [5.74, 6) is 1.04. The van der Waals surface area contributed by atoms with E-state index in [9.17, 15) is 10.4 Å². The van der Waals surface area contributed by atoms with Crippen LogP contribution in [0.3, 0.4) is 0 Å². The van der Waals surface area contributed by atoms with Crippen molar-refractivity contribution >= 4 is 40.4 Å². The Morgan fingerprint density at radius 2 is 1.91 bits per heavy atom. The molecule has 3 heterocycles. The molecule has 1 aromatic carbocycles. The van der Waals surface area contributed by atoms with Crippen LogP contribution in [0, 0.1) is 16.7 Å². The van der Waals surface area contributed by atoms with Crippen LogP contribution >= 0.6 is 23.2 Å². The summed E-state index contributed by atoms with van der Waals surface area (Å²) in [5.41, 5.74) is 8.54. The standard InChI is InChI=1S/C24H22Cl2N6O2/c25-20-11-30-12-21(26)19(20)13-34-17-1-2-22(28)18(8-17)23(29)15-7-14(9-27)24(31-10-15)32-5-3-16(33)4-6-32/h1-2,7-8,10-12,16,29,33H,3-6,13,28H2. The maximum Gasteiger partial charge on any atom is 0.146 e. The van der Waals surface area contributed by atoms with E-state index in [0.717, 1.165) is 0 Å². The molecule has 3 aromatic rings. The highest BCUT2D eigenvalue weighted by atomic mass is 35.5. The highest BCUT2D eigenvalue weighted by Crippen LogP contribution is 2.28. The topological polar surface area (TPSA) is 132 Å². The van der Waals surface area contributed by atoms with Crippen LogP contribution in [0.5, 0.6) is 5.75 Å². The smallest absolute Gasteiger partial charge is 0.146 e. The highest BCUT2D eigenvalue weighted by Gasteiger charge is 2.22. The molecule has 0 spiro atoms. The van der Waals surface area contributed by atoms with Gasteiger partial charge in [-0.05, 0) is 37.1 Å². The number of ether oxygens (including phenoxy) is 1. The zero-order valence-corrected chi connectivity index (χ0v) is 19.6. The van der Waals surface area contributed by atoms with E-state index in [2.05, 4.69) is 16.0 Å². The molecule has 1 fully saturated rings. The summed E-state index contributed by atoms with van der Waals surface area (Å²) in [4.78, 5) is 10.4. The molecular formula is C24H22Cl2N6O2. The Balaban J connectivity index is 1.56. The zero-order valence-electron chi connectivity index (χ0n) is 18.1. The van der Waals surface area contributed by atoms with E-state index in [1.807, 2.05) is 4.90 Å². The molecule has 0 unspecified atom stereocenters. The lowest BCUT2D eigenvalue weighted by atomic mass is 10.00. The van der Waals surface area contributed by atoms with E-state index in [-0.39, 0.29) is 18.4 Å². The second kappa shape index (κ2) is 10.3. The van der Waals surface area contributed by atoms with Gasteiger partial charge in [0.05, 0.1) is 27.4 Å². The van der Waals surface area contributed by atoms with Crippen LogP contribution < -0.4 is 15.4 Å². The molecule has 1 aliphatic heterocycles. The molecule has 34 heavy (non-hydrogen) atoms. The molecule has 10 heteroatoms. The SMILES string of the molecule is N#Cc1cc(C(=N)c2cc(OCc3c(Cl)cncc3Cl)ccc2N)cnc1N1CCC(O)CC1. The number of pyridine rings is 2. The van der Waals surface area contributed by atoms with Gasteiger partial charge >= 0.3 is 0 Å². The van der Waals surface area contributed by atoms with Crippen molar-refractivity contribution in [1.82, 2.24) is 9.97 Å². The van der Waals surface area contributed by atoms with Gasteiger partial charge in [0.2, 0.25) is 0 Å². The number of rotatable bonds is 6. The molecule has 0 amide bonds. The average molecular weight is 497 g/mol. The summed E-state index contributed by atoms with van der Waals surface area (Å²) in [5, 5.41) is 28.9. The molecule has 1 aliphatic rings. The fourth-order valence-electron chi connectivity index (χ4n) is 3.73. The number of aromatic nitrogens is 2. The first-order valence-corrected chi connectivity index (χ1v) is 11.4. The number of piperidine rings is 1.